The van der Waals surface area contributed by atoms with Gasteiger partial charge in [0.1, 0.15) is 15.0 Å². The molecule has 0 saturated carbocycles. The highest BCUT2D eigenvalue weighted by Gasteiger charge is 2.21. The van der Waals surface area contributed by atoms with Gasteiger partial charge in [-0.3, -0.25) is 0 Å². The first-order valence-electron chi connectivity index (χ1n) is 4.12. The van der Waals surface area contributed by atoms with E-state index in [1.54, 1.807) is 22.6 Å². The molecule has 1 heterocycles. The molecule has 4 nitrogen and oxygen atoms in total. The van der Waals surface area contributed by atoms with E-state index in [9.17, 15) is 13.6 Å². The number of hydrogen-bond donors (Lipinski definition) is 0. The Morgan fingerprint density at radius 1 is 1.50 bits per heavy atom. The molecule has 1 aromatic heterocycles. The summed E-state index contributed by atoms with van der Waals surface area (Å²) in [5.74, 6) is -0.601. The van der Waals surface area contributed by atoms with Gasteiger partial charge >= 0.3 is 5.97 Å². The van der Waals surface area contributed by atoms with Crippen molar-refractivity contribution in [3.05, 3.63) is 21.0 Å². The highest BCUT2D eigenvalue weighted by atomic mass is 127. The van der Waals surface area contributed by atoms with Crippen LogP contribution in [0.2, 0.25) is 0 Å². The van der Waals surface area contributed by atoms with Crippen LogP contribution in [0.25, 0.3) is 0 Å². The quantitative estimate of drug-likeness (QED) is 0.481. The molecule has 7 heteroatoms. The highest BCUT2D eigenvalue weighted by Crippen LogP contribution is 2.28. The molecular weight excluding hydrogens is 335 g/mol. The Balaban J connectivity index is 3.36. The molecule has 0 aliphatic carbocycles. The van der Waals surface area contributed by atoms with Crippen LogP contribution in [0.5, 0.6) is 5.75 Å². The Morgan fingerprint density at radius 3 is 2.56 bits per heavy atom. The minimum absolute atomic E-state index is 0.0558. The molecule has 1 rings (SSSR count). The normalized spacial score (nSPS) is 10.4. The Morgan fingerprint density at radius 2 is 2.12 bits per heavy atom. The molecule has 0 spiro atoms. The molecule has 0 aromatic carbocycles. The first kappa shape index (κ1) is 13.1. The lowest BCUT2D eigenvalue weighted by atomic mass is 10.2. The van der Waals surface area contributed by atoms with Gasteiger partial charge in [-0.25, -0.2) is 18.6 Å². The second-order valence-electron chi connectivity index (χ2n) is 2.71. The molecule has 0 fully saturated rings. The highest BCUT2D eigenvalue weighted by molar-refractivity contribution is 14.1. The second kappa shape index (κ2) is 5.37. The molecule has 16 heavy (non-hydrogen) atoms. The fourth-order valence-electron chi connectivity index (χ4n) is 1.09. The fraction of sp³-hybridized carbons (Fsp3) is 0.333. The summed E-state index contributed by atoms with van der Waals surface area (Å²) in [5.41, 5.74) is -0.537. The Hall–Kier alpha value is -0.990. The third-order valence-corrected chi connectivity index (χ3v) is 2.52. The summed E-state index contributed by atoms with van der Waals surface area (Å²) in [6, 6.07) is 0.970. The van der Waals surface area contributed by atoms with Crippen LogP contribution in [-0.2, 0) is 4.74 Å². The van der Waals surface area contributed by atoms with Crippen LogP contribution in [0, 0.1) is 3.70 Å². The monoisotopic (exact) mass is 343 g/mol. The zero-order chi connectivity index (χ0) is 12.3. The number of pyridine rings is 1. The van der Waals surface area contributed by atoms with Gasteiger partial charge in [0, 0.05) is 0 Å². The van der Waals surface area contributed by atoms with E-state index in [1.807, 2.05) is 0 Å². The minimum Gasteiger partial charge on any atom is -0.493 e. The number of nitrogens with zero attached hydrogens (tertiary/aromatic N) is 1. The maximum atomic E-state index is 12.5. The Labute approximate surface area is 104 Å². The number of methoxy groups -OCH3 is 2. The van der Waals surface area contributed by atoms with Gasteiger partial charge < -0.3 is 9.47 Å². The largest absolute Gasteiger partial charge is 0.493 e. The van der Waals surface area contributed by atoms with Gasteiger partial charge in [-0.05, 0) is 28.7 Å². The second-order valence-corrected chi connectivity index (χ2v) is 3.73. The van der Waals surface area contributed by atoms with Crippen LogP contribution in [0.1, 0.15) is 22.5 Å². The zero-order valence-electron chi connectivity index (χ0n) is 8.46. The molecule has 0 aliphatic rings. The lowest BCUT2D eigenvalue weighted by Gasteiger charge is -2.10. The van der Waals surface area contributed by atoms with Crippen molar-refractivity contribution in [2.45, 2.75) is 6.43 Å². The SMILES string of the molecule is COC(=O)c1cc(C(F)F)nc(I)c1OC. The smallest absolute Gasteiger partial charge is 0.341 e. The standard InChI is InChI=1S/C9H8F2INO3/c1-15-6-4(9(14)16-2)3-5(7(10)11)13-8(6)12/h3,7H,1-2H3. The summed E-state index contributed by atoms with van der Waals surface area (Å²) in [6.07, 6.45) is -2.75. The first-order valence-corrected chi connectivity index (χ1v) is 5.20. The molecular formula is C9H8F2INO3. The van der Waals surface area contributed by atoms with E-state index >= 15 is 0 Å². The summed E-state index contributed by atoms with van der Waals surface area (Å²) in [6.45, 7) is 0. The van der Waals surface area contributed by atoms with E-state index in [2.05, 4.69) is 9.72 Å². The average Bonchev–Trinajstić information content (AvgIpc) is 2.26. The molecule has 0 N–H and O–H groups in total. The van der Waals surface area contributed by atoms with Crippen molar-refractivity contribution in [2.24, 2.45) is 0 Å². The van der Waals surface area contributed by atoms with Crippen LogP contribution < -0.4 is 4.74 Å². The number of carbonyl (C=O) groups is 1. The van der Waals surface area contributed by atoms with Crippen molar-refractivity contribution in [1.29, 1.82) is 0 Å². The number of hydrogen-bond acceptors (Lipinski definition) is 4. The van der Waals surface area contributed by atoms with Crippen molar-refractivity contribution >= 4 is 28.6 Å². The molecule has 0 unspecified atom stereocenters. The number of carbonyl (C=O) groups excluding carboxylic acids is 1. The van der Waals surface area contributed by atoms with Gasteiger partial charge in [0.25, 0.3) is 6.43 Å². The van der Waals surface area contributed by atoms with Crippen LogP contribution >= 0.6 is 22.6 Å². The van der Waals surface area contributed by atoms with E-state index in [4.69, 9.17) is 4.74 Å². The van der Waals surface area contributed by atoms with Gasteiger partial charge in [-0.2, -0.15) is 0 Å². The van der Waals surface area contributed by atoms with E-state index in [0.29, 0.717) is 0 Å². The third kappa shape index (κ3) is 2.57. The number of aromatic nitrogens is 1. The minimum atomic E-state index is -2.75. The number of alkyl halides is 2. The molecule has 88 valence electrons. The summed E-state index contributed by atoms with van der Waals surface area (Å²) < 4.78 is 34.5. The van der Waals surface area contributed by atoms with Gasteiger partial charge in [-0.1, -0.05) is 0 Å². The van der Waals surface area contributed by atoms with Crippen LogP contribution in [0.15, 0.2) is 6.07 Å². The third-order valence-electron chi connectivity index (χ3n) is 1.78. The van der Waals surface area contributed by atoms with Gasteiger partial charge in [0.2, 0.25) is 0 Å². The predicted molar refractivity (Wildman–Crippen MR) is 59.8 cm³/mol. The molecule has 0 amide bonds. The molecule has 1 aromatic rings. The van der Waals surface area contributed by atoms with Crippen molar-refractivity contribution in [1.82, 2.24) is 4.98 Å². The summed E-state index contributed by atoms with van der Waals surface area (Å²) in [7, 11) is 2.49. The Bertz CT molecular complexity index is 412. The predicted octanol–water partition coefficient (Wildman–Crippen LogP) is 2.42. The maximum absolute atomic E-state index is 12.5. The van der Waals surface area contributed by atoms with E-state index < -0.39 is 18.1 Å². The lowest BCUT2D eigenvalue weighted by molar-refractivity contribution is 0.0596. The van der Waals surface area contributed by atoms with Crippen LogP contribution in [-0.4, -0.2) is 25.2 Å². The summed E-state index contributed by atoms with van der Waals surface area (Å²) in [5, 5.41) is 0. The van der Waals surface area contributed by atoms with Crippen LogP contribution in [0.4, 0.5) is 8.78 Å². The molecule has 0 saturated heterocycles. The van der Waals surface area contributed by atoms with E-state index in [1.165, 1.54) is 7.11 Å². The topological polar surface area (TPSA) is 48.4 Å². The van der Waals surface area contributed by atoms with Crippen molar-refractivity contribution in [2.75, 3.05) is 14.2 Å². The number of ether oxygens (including phenoxy) is 2. The zero-order valence-corrected chi connectivity index (χ0v) is 10.6. The lowest BCUT2D eigenvalue weighted by Crippen LogP contribution is -2.08. The van der Waals surface area contributed by atoms with Crippen molar-refractivity contribution < 1.29 is 23.0 Å². The van der Waals surface area contributed by atoms with Gasteiger partial charge in [0.05, 0.1) is 14.2 Å². The molecule has 0 atom stereocenters. The van der Waals surface area contributed by atoms with E-state index in [-0.39, 0.29) is 15.0 Å². The van der Waals surface area contributed by atoms with E-state index in [0.717, 1.165) is 13.2 Å². The maximum Gasteiger partial charge on any atom is 0.341 e. The summed E-state index contributed by atoms with van der Waals surface area (Å²) >= 11 is 1.72. The van der Waals surface area contributed by atoms with Gasteiger partial charge in [0.15, 0.2) is 5.75 Å². The van der Waals surface area contributed by atoms with Crippen LogP contribution in [0.3, 0.4) is 0 Å². The number of halogens is 3. The fourth-order valence-corrected chi connectivity index (χ4v) is 1.88. The molecule has 0 bridgehead atoms. The Kier molecular flexibility index (Phi) is 4.39. The number of esters is 1. The molecule has 0 aliphatic heterocycles. The number of rotatable bonds is 3. The average molecular weight is 343 g/mol. The van der Waals surface area contributed by atoms with Crippen molar-refractivity contribution in [3.63, 3.8) is 0 Å². The molecule has 0 radical (unpaired) electrons. The summed E-state index contributed by atoms with van der Waals surface area (Å²) in [4.78, 5) is 15.0. The first-order chi connectivity index (χ1) is 7.51. The van der Waals surface area contributed by atoms with Gasteiger partial charge in [-0.15, -0.1) is 0 Å². The van der Waals surface area contributed by atoms with Crippen molar-refractivity contribution in [3.8, 4) is 5.75 Å².